The average Bonchev–Trinajstić information content (AvgIpc) is 2.93. The summed E-state index contributed by atoms with van der Waals surface area (Å²) in [4.78, 5) is 17.4. The maximum Gasteiger partial charge on any atom is 0.327 e. The number of rotatable bonds is 21. The van der Waals surface area contributed by atoms with Crippen LogP contribution in [0.5, 0.6) is 0 Å². The summed E-state index contributed by atoms with van der Waals surface area (Å²) in [6, 6.07) is 18.9. The van der Waals surface area contributed by atoms with Crippen LogP contribution in [0.3, 0.4) is 0 Å². The third kappa shape index (κ3) is 15.5. The molecule has 2 aromatic rings. The van der Waals surface area contributed by atoms with Crippen LogP contribution in [0.25, 0.3) is 0 Å². The Morgan fingerprint density at radius 2 is 0.810 bits per heavy atom. The Bertz CT molecular complexity index is 881. The first-order valence-corrected chi connectivity index (χ1v) is 18.2. The molecule has 0 fully saturated rings. The normalized spacial score (nSPS) is 12.5. The van der Waals surface area contributed by atoms with E-state index >= 15 is 0 Å². The minimum Gasteiger partial charge on any atom is -0.328 e. The second-order valence-electron chi connectivity index (χ2n) is 14.5. The first kappa shape index (κ1) is 36.9. The first-order chi connectivity index (χ1) is 20.0. The van der Waals surface area contributed by atoms with Gasteiger partial charge in [0.1, 0.15) is 0 Å². The van der Waals surface area contributed by atoms with Gasteiger partial charge in [0, 0.05) is 5.92 Å². The minimum absolute atomic E-state index is 0.188. The number of hydrogen-bond acceptors (Lipinski definition) is 3. The quantitative estimate of drug-likeness (QED) is 0.111. The van der Waals surface area contributed by atoms with Crippen LogP contribution >= 0.6 is 8.60 Å². The largest absolute Gasteiger partial charge is 0.328 e. The van der Waals surface area contributed by atoms with E-state index in [1.807, 2.05) is 0 Å². The lowest BCUT2D eigenvalue weighted by Gasteiger charge is -2.24. The molecule has 0 saturated heterocycles. The molecule has 0 aliphatic rings. The van der Waals surface area contributed by atoms with Gasteiger partial charge in [-0.1, -0.05) is 180 Å². The molecule has 0 saturated carbocycles. The van der Waals surface area contributed by atoms with Crippen molar-refractivity contribution in [2.45, 2.75) is 161 Å². The van der Waals surface area contributed by atoms with E-state index in [0.717, 1.165) is 12.8 Å². The van der Waals surface area contributed by atoms with Crippen molar-refractivity contribution in [3.63, 3.8) is 0 Å². The zero-order valence-electron chi connectivity index (χ0n) is 28.0. The summed E-state index contributed by atoms with van der Waals surface area (Å²) in [6.07, 6.45) is 20.8. The Kier molecular flexibility index (Phi) is 17.5. The molecule has 2 aromatic carbocycles. The van der Waals surface area contributed by atoms with Crippen molar-refractivity contribution in [3.05, 3.63) is 70.8 Å². The Morgan fingerprint density at radius 3 is 1.12 bits per heavy atom. The summed E-state index contributed by atoms with van der Waals surface area (Å²) in [7, 11) is -2.17. The molecule has 0 aliphatic carbocycles. The number of hydrogen-bond donors (Lipinski definition) is 2. The van der Waals surface area contributed by atoms with Gasteiger partial charge in [-0.25, -0.2) is 0 Å². The third-order valence-electron chi connectivity index (χ3n) is 8.70. The van der Waals surface area contributed by atoms with Crippen molar-refractivity contribution >= 4 is 8.60 Å². The van der Waals surface area contributed by atoms with Crippen molar-refractivity contribution in [3.8, 4) is 0 Å². The van der Waals surface area contributed by atoms with E-state index in [1.165, 1.54) is 112 Å². The van der Waals surface area contributed by atoms with Gasteiger partial charge < -0.3 is 14.3 Å². The van der Waals surface area contributed by atoms with Gasteiger partial charge in [0.25, 0.3) is 0 Å². The molecule has 0 amide bonds. The molecule has 0 aliphatic heterocycles. The third-order valence-corrected chi connectivity index (χ3v) is 9.12. The van der Waals surface area contributed by atoms with Crippen LogP contribution in [0.15, 0.2) is 48.5 Å². The predicted octanol–water partition coefficient (Wildman–Crippen LogP) is 11.9. The van der Waals surface area contributed by atoms with Crippen LogP contribution in [0.2, 0.25) is 0 Å². The summed E-state index contributed by atoms with van der Waals surface area (Å²) in [5.41, 5.74) is 6.12. The van der Waals surface area contributed by atoms with Crippen molar-refractivity contribution < 1.29 is 14.3 Å². The predicted molar refractivity (Wildman–Crippen MR) is 183 cm³/mol. The summed E-state index contributed by atoms with van der Waals surface area (Å²) in [6.45, 7) is 14.2. The van der Waals surface area contributed by atoms with Crippen molar-refractivity contribution in [2.24, 2.45) is 0 Å². The Hall–Kier alpha value is -1.25. The lowest BCUT2D eigenvalue weighted by Crippen LogP contribution is -2.12. The van der Waals surface area contributed by atoms with E-state index in [0.29, 0.717) is 12.5 Å². The van der Waals surface area contributed by atoms with E-state index in [1.54, 1.807) is 0 Å². The summed E-state index contributed by atoms with van der Waals surface area (Å²) >= 11 is 0. The van der Waals surface area contributed by atoms with Gasteiger partial charge in [-0.2, -0.15) is 0 Å². The molecular weight excluding hydrogens is 535 g/mol. The molecule has 42 heavy (non-hydrogen) atoms. The summed E-state index contributed by atoms with van der Waals surface area (Å²) in [5, 5.41) is 0. The fourth-order valence-electron chi connectivity index (χ4n) is 5.85. The van der Waals surface area contributed by atoms with Crippen LogP contribution in [-0.2, 0) is 15.4 Å². The zero-order valence-corrected chi connectivity index (χ0v) is 28.9. The van der Waals surface area contributed by atoms with Gasteiger partial charge in [0.2, 0.25) is 0 Å². The van der Waals surface area contributed by atoms with E-state index in [9.17, 15) is 0 Å². The Balaban J connectivity index is 1.64. The number of benzene rings is 2. The van der Waals surface area contributed by atoms with Gasteiger partial charge in [0.15, 0.2) is 0 Å². The summed E-state index contributed by atoms with van der Waals surface area (Å²) < 4.78 is 4.80. The minimum atomic E-state index is -2.17. The highest BCUT2D eigenvalue weighted by molar-refractivity contribution is 7.39. The molecule has 0 aromatic heterocycles. The Labute approximate surface area is 260 Å². The van der Waals surface area contributed by atoms with Crippen molar-refractivity contribution in [1.82, 2.24) is 0 Å². The lowest BCUT2D eigenvalue weighted by molar-refractivity contribution is 0.248. The Morgan fingerprint density at radius 1 is 0.500 bits per heavy atom. The van der Waals surface area contributed by atoms with E-state index in [2.05, 4.69) is 90.1 Å². The zero-order chi connectivity index (χ0) is 30.8. The second kappa shape index (κ2) is 19.9. The first-order valence-electron chi connectivity index (χ1n) is 17.0. The fourth-order valence-corrected chi connectivity index (χ4v) is 6.14. The van der Waals surface area contributed by atoms with Gasteiger partial charge >= 0.3 is 8.60 Å². The molecule has 0 radical (unpaired) electrons. The van der Waals surface area contributed by atoms with Crippen molar-refractivity contribution in [1.29, 1.82) is 0 Å². The van der Waals surface area contributed by atoms with Crippen LogP contribution in [-0.4, -0.2) is 16.4 Å². The van der Waals surface area contributed by atoms with E-state index < -0.39 is 8.60 Å². The smallest absolute Gasteiger partial charge is 0.327 e. The van der Waals surface area contributed by atoms with Crippen LogP contribution in [0.4, 0.5) is 0 Å². The molecule has 0 heterocycles. The molecule has 0 unspecified atom stereocenters. The maximum absolute atomic E-state index is 8.71. The second-order valence-corrected chi connectivity index (χ2v) is 15.2. The molecule has 2 N–H and O–H groups in total. The van der Waals surface area contributed by atoms with Gasteiger partial charge in [-0.15, -0.1) is 0 Å². The fraction of sp³-hybridized carbons (Fsp3) is 0.684. The standard InChI is InChI=1S/C38H63O3P/c1-37(2,3)34-27-23-32(24-28-34)36(33-25-29-35(30-26-33)38(4,5)6)22-20-18-16-14-12-10-8-7-9-11-13-15-17-19-21-31-41-42(39)40/h23-30,36,39-40H,7-22,31H2,1-6H3. The molecular formula is C38H63O3P. The van der Waals surface area contributed by atoms with E-state index in [-0.39, 0.29) is 10.8 Å². The number of unbranched alkanes of at least 4 members (excludes halogenated alkanes) is 14. The molecule has 0 bridgehead atoms. The van der Waals surface area contributed by atoms with Gasteiger partial charge in [-0.05, 0) is 45.9 Å². The highest BCUT2D eigenvalue weighted by Crippen LogP contribution is 2.34. The van der Waals surface area contributed by atoms with Crippen LogP contribution < -0.4 is 0 Å². The van der Waals surface area contributed by atoms with Crippen molar-refractivity contribution in [2.75, 3.05) is 6.61 Å². The van der Waals surface area contributed by atoms with Gasteiger partial charge in [0.05, 0.1) is 6.61 Å². The molecule has 2 rings (SSSR count). The van der Waals surface area contributed by atoms with Crippen LogP contribution in [0.1, 0.15) is 172 Å². The summed E-state index contributed by atoms with van der Waals surface area (Å²) in [5.74, 6) is 0.475. The molecule has 0 spiro atoms. The maximum atomic E-state index is 8.71. The topological polar surface area (TPSA) is 49.7 Å². The van der Waals surface area contributed by atoms with E-state index in [4.69, 9.17) is 14.3 Å². The highest BCUT2D eigenvalue weighted by Gasteiger charge is 2.19. The molecule has 3 nitrogen and oxygen atoms in total. The highest BCUT2D eigenvalue weighted by atomic mass is 31.2. The SMILES string of the molecule is CC(C)(C)c1ccc(C(CCCCCCCCCCCCCCCCCOP(O)O)c2ccc(C(C)(C)C)cc2)cc1. The molecule has 4 heteroatoms. The molecule has 0 atom stereocenters. The lowest BCUT2D eigenvalue weighted by atomic mass is 9.81. The molecule has 238 valence electrons. The van der Waals surface area contributed by atoms with Gasteiger partial charge in [-0.3, -0.25) is 0 Å². The average molecular weight is 599 g/mol. The monoisotopic (exact) mass is 598 g/mol. The van der Waals surface area contributed by atoms with Crippen LogP contribution in [0, 0.1) is 0 Å².